The molecule has 0 radical (unpaired) electrons. The fourth-order valence-corrected chi connectivity index (χ4v) is 0. The van der Waals surface area contributed by atoms with E-state index < -0.39 is 31.3 Å². The summed E-state index contributed by atoms with van der Waals surface area (Å²) in [5, 5.41) is 0. The molecule has 0 spiro atoms. The van der Waals surface area contributed by atoms with Gasteiger partial charge in [-0.3, -0.25) is 0 Å². The van der Waals surface area contributed by atoms with Crippen molar-refractivity contribution in [1.29, 1.82) is 0 Å². The first-order valence-corrected chi connectivity index (χ1v) is 5.36. The summed E-state index contributed by atoms with van der Waals surface area (Å²) >= 11 is 0. The molecule has 0 rings (SSSR count). The van der Waals surface area contributed by atoms with Gasteiger partial charge in [0.05, 0.1) is 0 Å². The standard InChI is InChI=1S/2CHF3O3S.H2O.Pd/c2*2-1(3,4)8(5,6)7;;/h2*(H,5,6,7);1H2;/q;;;+2/p-2. The van der Waals surface area contributed by atoms with Crippen molar-refractivity contribution >= 4 is 20.2 Å². The third kappa shape index (κ3) is 11.1. The molecule has 0 aliphatic carbocycles. The Morgan fingerprint density at radius 2 is 0.722 bits per heavy atom. The zero-order valence-electron chi connectivity index (χ0n) is 7.35. The topological polar surface area (TPSA) is 146 Å². The first-order chi connectivity index (χ1) is 6.50. The molecule has 0 amide bonds. The first-order valence-electron chi connectivity index (χ1n) is 2.54. The van der Waals surface area contributed by atoms with Crippen molar-refractivity contribution in [2.75, 3.05) is 0 Å². The molecule has 18 heavy (non-hydrogen) atoms. The fraction of sp³-hybridized carbons (Fsp3) is 1.00. The number of hydrogen-bond acceptors (Lipinski definition) is 6. The van der Waals surface area contributed by atoms with Gasteiger partial charge in [-0.15, -0.1) is 0 Å². The number of hydrogen-bond donors (Lipinski definition) is 0. The molecule has 0 aromatic carbocycles. The fourth-order valence-electron chi connectivity index (χ4n) is 0. The van der Waals surface area contributed by atoms with Crippen molar-refractivity contribution in [2.24, 2.45) is 0 Å². The molecule has 0 saturated heterocycles. The van der Waals surface area contributed by atoms with E-state index in [2.05, 4.69) is 0 Å². The van der Waals surface area contributed by atoms with Gasteiger partial charge in [0.1, 0.15) is 0 Å². The Morgan fingerprint density at radius 1 is 0.667 bits per heavy atom. The Kier molecular flexibility index (Phi) is 11.2. The second-order valence-corrected chi connectivity index (χ2v) is 4.54. The molecular formula is C2H2F6O7PdS2. The molecule has 0 aliphatic rings. The van der Waals surface area contributed by atoms with Crippen molar-refractivity contribution in [3.63, 3.8) is 0 Å². The van der Waals surface area contributed by atoms with Gasteiger partial charge < -0.3 is 14.6 Å². The van der Waals surface area contributed by atoms with E-state index in [1.165, 1.54) is 0 Å². The van der Waals surface area contributed by atoms with Crippen LogP contribution in [0.15, 0.2) is 0 Å². The molecule has 0 atom stereocenters. The summed E-state index contributed by atoms with van der Waals surface area (Å²) in [4.78, 5) is 0. The van der Waals surface area contributed by atoms with Gasteiger partial charge in [-0.05, 0) is 0 Å². The van der Waals surface area contributed by atoms with Crippen LogP contribution >= 0.6 is 0 Å². The van der Waals surface area contributed by atoms with Crippen molar-refractivity contribution < 1.29 is 78.2 Å². The van der Waals surface area contributed by atoms with Crippen LogP contribution in [0.25, 0.3) is 0 Å². The van der Waals surface area contributed by atoms with Crippen LogP contribution in [0, 0.1) is 0 Å². The summed E-state index contributed by atoms with van der Waals surface area (Å²) in [6.45, 7) is 0. The maximum absolute atomic E-state index is 10.7. The third-order valence-corrected chi connectivity index (χ3v) is 1.70. The Hall–Kier alpha value is 0.0223. The summed E-state index contributed by atoms with van der Waals surface area (Å²) in [7, 11) is -12.2. The smallest absolute Gasteiger partial charge is 0.741 e. The molecule has 0 heterocycles. The van der Waals surface area contributed by atoms with Crippen LogP contribution in [-0.4, -0.2) is 42.4 Å². The quantitative estimate of drug-likeness (QED) is 0.218. The molecule has 0 saturated carbocycles. The van der Waals surface area contributed by atoms with Gasteiger partial charge in [-0.25, -0.2) is 16.8 Å². The van der Waals surface area contributed by atoms with Gasteiger partial charge in [0.25, 0.3) is 0 Å². The normalized spacial score (nSPS) is 12.4. The summed E-state index contributed by atoms with van der Waals surface area (Å²) in [5.74, 6) is 0. The van der Waals surface area contributed by atoms with Gasteiger partial charge in [0.15, 0.2) is 20.2 Å². The molecule has 7 nitrogen and oxygen atoms in total. The van der Waals surface area contributed by atoms with Crippen LogP contribution in [0.2, 0.25) is 0 Å². The largest absolute Gasteiger partial charge is 2.00 e. The van der Waals surface area contributed by atoms with Crippen molar-refractivity contribution in [3.05, 3.63) is 0 Å². The molecule has 0 aromatic heterocycles. The minimum atomic E-state index is -6.09. The number of rotatable bonds is 0. The molecule has 0 fully saturated rings. The summed E-state index contributed by atoms with van der Waals surface area (Å²) in [5.41, 5.74) is -11.3. The molecule has 0 aromatic rings. The van der Waals surface area contributed by atoms with E-state index in [1.807, 2.05) is 0 Å². The van der Waals surface area contributed by atoms with Crippen LogP contribution in [0.1, 0.15) is 0 Å². The average molecular weight is 423 g/mol. The predicted octanol–water partition coefficient (Wildman–Crippen LogP) is -0.724. The van der Waals surface area contributed by atoms with E-state index >= 15 is 0 Å². The molecule has 0 aliphatic heterocycles. The molecule has 116 valence electrons. The minimum absolute atomic E-state index is 0. The molecule has 16 heteroatoms. The van der Waals surface area contributed by atoms with E-state index in [-0.39, 0.29) is 25.9 Å². The maximum Gasteiger partial charge on any atom is 2.00 e. The zero-order valence-corrected chi connectivity index (χ0v) is 10.5. The summed E-state index contributed by atoms with van der Waals surface area (Å²) in [6.07, 6.45) is 0. The van der Waals surface area contributed by atoms with Crippen LogP contribution in [0.3, 0.4) is 0 Å². The summed E-state index contributed by atoms with van der Waals surface area (Å²) < 4.78 is 118. The van der Waals surface area contributed by atoms with E-state index in [4.69, 9.17) is 25.9 Å². The Morgan fingerprint density at radius 3 is 0.722 bits per heavy atom. The molecule has 0 bridgehead atoms. The van der Waals surface area contributed by atoms with Crippen LogP contribution in [0.4, 0.5) is 26.3 Å². The first kappa shape index (κ1) is 26.6. The second-order valence-electron chi connectivity index (χ2n) is 1.80. The van der Waals surface area contributed by atoms with E-state index in [1.54, 1.807) is 0 Å². The van der Waals surface area contributed by atoms with Gasteiger partial charge in [0.2, 0.25) is 0 Å². The van der Waals surface area contributed by atoms with E-state index in [0.29, 0.717) is 0 Å². The van der Waals surface area contributed by atoms with Crippen LogP contribution in [0.5, 0.6) is 0 Å². The van der Waals surface area contributed by atoms with Crippen LogP contribution < -0.4 is 0 Å². The number of alkyl halides is 6. The van der Waals surface area contributed by atoms with Crippen molar-refractivity contribution in [1.82, 2.24) is 0 Å². The zero-order chi connectivity index (χ0) is 14.0. The van der Waals surface area contributed by atoms with Crippen molar-refractivity contribution in [2.45, 2.75) is 11.0 Å². The van der Waals surface area contributed by atoms with Gasteiger partial charge in [-0.2, -0.15) is 26.3 Å². The molecule has 2 N–H and O–H groups in total. The average Bonchev–Trinajstić information content (AvgIpc) is 1.77. The number of halogens is 6. The predicted molar refractivity (Wildman–Crippen MR) is 35.1 cm³/mol. The maximum atomic E-state index is 10.7. The van der Waals surface area contributed by atoms with Gasteiger partial charge >= 0.3 is 31.4 Å². The van der Waals surface area contributed by atoms with E-state index in [9.17, 15) is 26.3 Å². The second kappa shape index (κ2) is 7.57. The van der Waals surface area contributed by atoms with Gasteiger partial charge in [0, 0.05) is 0 Å². The molecular weight excluding hydrogens is 421 g/mol. The molecule has 0 unspecified atom stereocenters. The van der Waals surface area contributed by atoms with Crippen molar-refractivity contribution in [3.8, 4) is 0 Å². The Balaban J connectivity index is -0.0000000980. The van der Waals surface area contributed by atoms with Crippen LogP contribution in [-0.2, 0) is 40.7 Å². The minimum Gasteiger partial charge on any atom is -0.741 e. The van der Waals surface area contributed by atoms with E-state index in [0.717, 1.165) is 0 Å². The third-order valence-electron chi connectivity index (χ3n) is 0.567. The summed E-state index contributed by atoms with van der Waals surface area (Å²) in [6, 6.07) is 0. The Labute approximate surface area is 110 Å². The SMILES string of the molecule is O.O=S(=O)([O-])C(F)(F)F.O=S(=O)([O-])C(F)(F)F.[Pd+2]. The monoisotopic (exact) mass is 422 g/mol. The van der Waals surface area contributed by atoms with Gasteiger partial charge in [-0.1, -0.05) is 0 Å². The Bertz CT molecular complexity index is 376.